The number of amides is 2. The molecule has 1 saturated heterocycles. The standard InChI is InChI=1S/C23H37N5O2/c1-16(2)25-22(30)19-14-24-23(27(3)4)26-21(19)18-12-13-28(15-18)20(29)11-10-17-8-6-5-7-9-17/h14,16-18H,5-13,15H2,1-4H3,(H,25,30). The van der Waals surface area contributed by atoms with Gasteiger partial charge in [0.25, 0.3) is 5.91 Å². The van der Waals surface area contributed by atoms with E-state index in [2.05, 4.69) is 10.3 Å². The van der Waals surface area contributed by atoms with Gasteiger partial charge in [0.1, 0.15) is 0 Å². The minimum atomic E-state index is -0.146. The number of rotatable bonds is 7. The lowest BCUT2D eigenvalue weighted by Crippen LogP contribution is -2.32. The number of likely N-dealkylation sites (tertiary alicyclic amines) is 1. The van der Waals surface area contributed by atoms with Crippen molar-refractivity contribution >= 4 is 17.8 Å². The van der Waals surface area contributed by atoms with E-state index in [9.17, 15) is 9.59 Å². The second kappa shape index (κ2) is 10.2. The Morgan fingerprint density at radius 2 is 1.93 bits per heavy atom. The number of hydrogen-bond donors (Lipinski definition) is 1. The second-order valence-electron chi connectivity index (χ2n) is 9.36. The summed E-state index contributed by atoms with van der Waals surface area (Å²) in [5.74, 6) is 1.48. The third-order valence-corrected chi connectivity index (χ3v) is 6.29. The van der Waals surface area contributed by atoms with Crippen LogP contribution in [0.2, 0.25) is 0 Å². The van der Waals surface area contributed by atoms with Crippen LogP contribution in [0.15, 0.2) is 6.20 Å². The molecule has 0 bridgehead atoms. The fourth-order valence-corrected chi connectivity index (χ4v) is 4.60. The topological polar surface area (TPSA) is 78.4 Å². The lowest BCUT2D eigenvalue weighted by molar-refractivity contribution is -0.130. The molecule has 166 valence electrons. The third kappa shape index (κ3) is 5.70. The van der Waals surface area contributed by atoms with Gasteiger partial charge in [0, 0.05) is 51.8 Å². The fraction of sp³-hybridized carbons (Fsp3) is 0.739. The highest BCUT2D eigenvalue weighted by molar-refractivity contribution is 5.95. The Bertz CT molecular complexity index is 743. The molecular formula is C23H37N5O2. The zero-order valence-electron chi connectivity index (χ0n) is 19.0. The molecule has 1 aliphatic heterocycles. The number of anilines is 1. The maximum atomic E-state index is 12.8. The molecule has 30 heavy (non-hydrogen) atoms. The van der Waals surface area contributed by atoms with Gasteiger partial charge in [-0.05, 0) is 32.6 Å². The van der Waals surface area contributed by atoms with Crippen molar-refractivity contribution in [2.75, 3.05) is 32.1 Å². The molecule has 3 rings (SSSR count). The Morgan fingerprint density at radius 3 is 2.60 bits per heavy atom. The molecule has 2 amide bonds. The number of carbonyl (C=O) groups is 2. The van der Waals surface area contributed by atoms with E-state index in [4.69, 9.17) is 4.98 Å². The van der Waals surface area contributed by atoms with Gasteiger partial charge >= 0.3 is 0 Å². The van der Waals surface area contributed by atoms with Crippen molar-refractivity contribution in [3.05, 3.63) is 17.5 Å². The highest BCUT2D eigenvalue weighted by Crippen LogP contribution is 2.31. The molecule has 7 nitrogen and oxygen atoms in total. The van der Waals surface area contributed by atoms with E-state index in [0.717, 1.165) is 31.0 Å². The van der Waals surface area contributed by atoms with Gasteiger partial charge in [0.05, 0.1) is 11.3 Å². The van der Waals surface area contributed by atoms with Crippen molar-refractivity contribution in [1.82, 2.24) is 20.2 Å². The monoisotopic (exact) mass is 415 g/mol. The summed E-state index contributed by atoms with van der Waals surface area (Å²) < 4.78 is 0. The molecule has 1 N–H and O–H groups in total. The Labute approximate surface area is 180 Å². The van der Waals surface area contributed by atoms with E-state index in [-0.39, 0.29) is 23.8 Å². The van der Waals surface area contributed by atoms with Gasteiger partial charge in [0.15, 0.2) is 0 Å². The first-order valence-electron chi connectivity index (χ1n) is 11.5. The first-order chi connectivity index (χ1) is 14.3. The van der Waals surface area contributed by atoms with Crippen molar-refractivity contribution in [2.24, 2.45) is 5.92 Å². The third-order valence-electron chi connectivity index (χ3n) is 6.29. The van der Waals surface area contributed by atoms with Gasteiger partial charge in [-0.15, -0.1) is 0 Å². The normalized spacial score (nSPS) is 19.9. The molecule has 1 saturated carbocycles. The average molecular weight is 416 g/mol. The van der Waals surface area contributed by atoms with Crippen LogP contribution in [0.5, 0.6) is 0 Å². The minimum absolute atomic E-state index is 0.0420. The van der Waals surface area contributed by atoms with Crippen LogP contribution in [0.3, 0.4) is 0 Å². The molecule has 2 heterocycles. The molecule has 0 spiro atoms. The summed E-state index contributed by atoms with van der Waals surface area (Å²) in [6, 6.07) is 0.0420. The number of nitrogens with one attached hydrogen (secondary N) is 1. The quantitative estimate of drug-likeness (QED) is 0.739. The first kappa shape index (κ1) is 22.5. The number of hydrogen-bond acceptors (Lipinski definition) is 5. The van der Waals surface area contributed by atoms with Crippen molar-refractivity contribution in [2.45, 2.75) is 77.2 Å². The zero-order valence-corrected chi connectivity index (χ0v) is 19.0. The SMILES string of the molecule is CC(C)NC(=O)c1cnc(N(C)C)nc1C1CCN(C(=O)CCC2CCCCC2)C1. The van der Waals surface area contributed by atoms with Crippen LogP contribution in [-0.4, -0.2) is 59.9 Å². The molecule has 0 aromatic carbocycles. The van der Waals surface area contributed by atoms with E-state index in [1.807, 2.05) is 37.7 Å². The van der Waals surface area contributed by atoms with Crippen LogP contribution in [-0.2, 0) is 4.79 Å². The maximum absolute atomic E-state index is 12.8. The molecule has 1 unspecified atom stereocenters. The smallest absolute Gasteiger partial charge is 0.254 e. The van der Waals surface area contributed by atoms with E-state index >= 15 is 0 Å². The maximum Gasteiger partial charge on any atom is 0.254 e. The molecular weight excluding hydrogens is 378 g/mol. The van der Waals surface area contributed by atoms with Crippen molar-refractivity contribution in [1.29, 1.82) is 0 Å². The lowest BCUT2D eigenvalue weighted by Gasteiger charge is -2.23. The first-order valence-corrected chi connectivity index (χ1v) is 11.5. The summed E-state index contributed by atoms with van der Waals surface area (Å²) in [4.78, 5) is 38.4. The molecule has 1 aliphatic carbocycles. The van der Waals surface area contributed by atoms with Crippen LogP contribution in [0.1, 0.15) is 87.2 Å². The molecule has 1 aromatic rings. The molecule has 0 radical (unpaired) electrons. The summed E-state index contributed by atoms with van der Waals surface area (Å²) >= 11 is 0. The molecule has 7 heteroatoms. The Balaban J connectivity index is 1.68. The van der Waals surface area contributed by atoms with Crippen LogP contribution < -0.4 is 10.2 Å². The number of carbonyl (C=O) groups excluding carboxylic acids is 2. The Hall–Kier alpha value is -2.18. The predicted molar refractivity (Wildman–Crippen MR) is 119 cm³/mol. The van der Waals surface area contributed by atoms with Crippen LogP contribution in [0.4, 0.5) is 5.95 Å². The molecule has 2 aliphatic rings. The summed E-state index contributed by atoms with van der Waals surface area (Å²) in [6.07, 6.45) is 10.6. The van der Waals surface area contributed by atoms with Gasteiger partial charge in [-0.2, -0.15) is 0 Å². The van der Waals surface area contributed by atoms with Gasteiger partial charge in [0.2, 0.25) is 11.9 Å². The fourth-order valence-electron chi connectivity index (χ4n) is 4.60. The summed E-state index contributed by atoms with van der Waals surface area (Å²) in [6.45, 7) is 5.25. The van der Waals surface area contributed by atoms with Crippen LogP contribution in [0.25, 0.3) is 0 Å². The minimum Gasteiger partial charge on any atom is -0.350 e. The van der Waals surface area contributed by atoms with E-state index in [1.165, 1.54) is 32.1 Å². The molecule has 1 atom stereocenters. The predicted octanol–water partition coefficient (Wildman–Crippen LogP) is 3.36. The van der Waals surface area contributed by atoms with Crippen LogP contribution in [0, 0.1) is 5.92 Å². The van der Waals surface area contributed by atoms with Crippen molar-refractivity contribution < 1.29 is 9.59 Å². The van der Waals surface area contributed by atoms with Crippen LogP contribution >= 0.6 is 0 Å². The largest absolute Gasteiger partial charge is 0.350 e. The molecule has 2 fully saturated rings. The lowest BCUT2D eigenvalue weighted by atomic mass is 9.86. The summed E-state index contributed by atoms with van der Waals surface area (Å²) in [7, 11) is 3.78. The zero-order chi connectivity index (χ0) is 21.7. The summed E-state index contributed by atoms with van der Waals surface area (Å²) in [5.41, 5.74) is 1.28. The van der Waals surface area contributed by atoms with Gasteiger partial charge in [-0.1, -0.05) is 32.1 Å². The van der Waals surface area contributed by atoms with E-state index in [0.29, 0.717) is 24.5 Å². The van der Waals surface area contributed by atoms with Crippen molar-refractivity contribution in [3.63, 3.8) is 0 Å². The van der Waals surface area contributed by atoms with Gasteiger partial charge in [-0.3, -0.25) is 9.59 Å². The summed E-state index contributed by atoms with van der Waals surface area (Å²) in [5, 5.41) is 2.95. The van der Waals surface area contributed by atoms with E-state index in [1.54, 1.807) is 6.20 Å². The second-order valence-corrected chi connectivity index (χ2v) is 9.36. The van der Waals surface area contributed by atoms with E-state index < -0.39 is 0 Å². The van der Waals surface area contributed by atoms with Crippen molar-refractivity contribution in [3.8, 4) is 0 Å². The molecule has 1 aromatic heterocycles. The number of nitrogens with zero attached hydrogens (tertiary/aromatic N) is 4. The van der Waals surface area contributed by atoms with Gasteiger partial charge < -0.3 is 15.1 Å². The Kier molecular flexibility index (Phi) is 7.67. The highest BCUT2D eigenvalue weighted by Gasteiger charge is 2.32. The number of aromatic nitrogens is 2. The Morgan fingerprint density at radius 1 is 1.20 bits per heavy atom. The van der Waals surface area contributed by atoms with Gasteiger partial charge in [-0.25, -0.2) is 9.97 Å². The highest BCUT2D eigenvalue weighted by atomic mass is 16.2. The average Bonchev–Trinajstić information content (AvgIpc) is 3.22.